The maximum absolute atomic E-state index is 12.1. The number of amides is 2. The number of ether oxygens (including phenoxy) is 1. The third-order valence-electron chi connectivity index (χ3n) is 3.90. The Labute approximate surface area is 183 Å². The van der Waals surface area contributed by atoms with Gasteiger partial charge in [0.2, 0.25) is 0 Å². The second kappa shape index (κ2) is 10.0. The predicted molar refractivity (Wildman–Crippen MR) is 114 cm³/mol. The molecule has 9 nitrogen and oxygen atoms in total. The molecule has 0 unspecified atom stereocenters. The minimum atomic E-state index is -0.615. The van der Waals surface area contributed by atoms with Gasteiger partial charge < -0.3 is 15.4 Å². The molecule has 0 aliphatic carbocycles. The van der Waals surface area contributed by atoms with Crippen molar-refractivity contribution in [2.24, 2.45) is 0 Å². The van der Waals surface area contributed by atoms with Crippen LogP contribution in [0.2, 0.25) is 5.02 Å². The summed E-state index contributed by atoms with van der Waals surface area (Å²) in [4.78, 5) is 46.4. The van der Waals surface area contributed by atoms with Crippen molar-refractivity contribution in [1.29, 1.82) is 0 Å². The van der Waals surface area contributed by atoms with Crippen molar-refractivity contribution in [1.82, 2.24) is 10.6 Å². The molecule has 0 saturated carbocycles. The number of halogens is 1. The van der Waals surface area contributed by atoms with Gasteiger partial charge in [-0.05, 0) is 51.1 Å². The highest BCUT2D eigenvalue weighted by Gasteiger charge is 2.17. The third-order valence-corrected chi connectivity index (χ3v) is 4.21. The average Bonchev–Trinajstić information content (AvgIpc) is 2.69. The maximum atomic E-state index is 12.1. The molecule has 2 aromatic carbocycles. The van der Waals surface area contributed by atoms with Crippen molar-refractivity contribution in [2.75, 3.05) is 13.2 Å². The summed E-state index contributed by atoms with van der Waals surface area (Å²) in [6.07, 6.45) is 0. The predicted octanol–water partition coefficient (Wildman–Crippen LogP) is 3.36. The van der Waals surface area contributed by atoms with Crippen molar-refractivity contribution in [3.63, 3.8) is 0 Å². The molecule has 0 aliphatic rings. The fourth-order valence-electron chi connectivity index (χ4n) is 2.46. The Morgan fingerprint density at radius 2 is 1.65 bits per heavy atom. The van der Waals surface area contributed by atoms with Gasteiger partial charge in [0.15, 0.2) is 0 Å². The molecule has 0 bridgehead atoms. The number of nitro groups is 1. The number of nitrogens with one attached hydrogen (secondary N) is 2. The van der Waals surface area contributed by atoms with Gasteiger partial charge in [-0.25, -0.2) is 4.79 Å². The van der Waals surface area contributed by atoms with E-state index in [4.69, 9.17) is 16.3 Å². The Kier molecular flexibility index (Phi) is 7.71. The number of non-ortho nitro benzene ring substituents is 1. The molecular formula is C21H22ClN3O6. The number of carbonyl (C=O) groups excluding carboxylic acids is 3. The zero-order chi connectivity index (χ0) is 23.2. The first kappa shape index (κ1) is 23.8. The Morgan fingerprint density at radius 1 is 1.03 bits per heavy atom. The maximum Gasteiger partial charge on any atom is 0.338 e. The molecule has 2 rings (SSSR count). The van der Waals surface area contributed by atoms with E-state index in [-0.39, 0.29) is 46.4 Å². The fraction of sp³-hybridized carbons (Fsp3) is 0.286. The number of nitrogens with zero attached hydrogens (tertiary/aromatic N) is 1. The highest BCUT2D eigenvalue weighted by molar-refractivity contribution is 6.34. The minimum Gasteiger partial charge on any atom is -0.460 e. The summed E-state index contributed by atoms with van der Waals surface area (Å²) in [7, 11) is 0. The first-order valence-electron chi connectivity index (χ1n) is 9.30. The third kappa shape index (κ3) is 7.07. The lowest BCUT2D eigenvalue weighted by Gasteiger charge is -2.20. The molecular weight excluding hydrogens is 426 g/mol. The van der Waals surface area contributed by atoms with Gasteiger partial charge in [-0.15, -0.1) is 0 Å². The van der Waals surface area contributed by atoms with Crippen molar-refractivity contribution < 1.29 is 24.0 Å². The summed E-state index contributed by atoms with van der Waals surface area (Å²) in [5, 5.41) is 16.0. The van der Waals surface area contributed by atoms with E-state index in [1.54, 1.807) is 0 Å². The van der Waals surface area contributed by atoms with E-state index in [0.717, 1.165) is 6.07 Å². The zero-order valence-corrected chi connectivity index (χ0v) is 18.0. The molecule has 0 atom stereocenters. The summed E-state index contributed by atoms with van der Waals surface area (Å²) in [5.41, 5.74) is 0.147. The molecule has 0 spiro atoms. The second-order valence-corrected chi connectivity index (χ2v) is 8.00. The molecule has 31 heavy (non-hydrogen) atoms. The van der Waals surface area contributed by atoms with Crippen LogP contribution in [0.25, 0.3) is 0 Å². The van der Waals surface area contributed by atoms with Crippen molar-refractivity contribution in [3.8, 4) is 0 Å². The van der Waals surface area contributed by atoms with E-state index in [0.29, 0.717) is 5.56 Å². The van der Waals surface area contributed by atoms with Gasteiger partial charge in [0.1, 0.15) is 6.61 Å². The highest BCUT2D eigenvalue weighted by atomic mass is 35.5. The molecule has 2 amide bonds. The number of rotatable bonds is 7. The summed E-state index contributed by atoms with van der Waals surface area (Å²) >= 11 is 5.90. The van der Waals surface area contributed by atoms with Gasteiger partial charge >= 0.3 is 5.97 Å². The second-order valence-electron chi connectivity index (χ2n) is 7.59. The first-order valence-corrected chi connectivity index (χ1v) is 9.67. The highest BCUT2D eigenvalue weighted by Crippen LogP contribution is 2.22. The van der Waals surface area contributed by atoms with Gasteiger partial charge in [-0.3, -0.25) is 19.7 Å². The Bertz CT molecular complexity index is 999. The quantitative estimate of drug-likeness (QED) is 0.290. The van der Waals surface area contributed by atoms with Crippen molar-refractivity contribution >= 4 is 35.1 Å². The van der Waals surface area contributed by atoms with E-state index in [1.165, 1.54) is 36.4 Å². The van der Waals surface area contributed by atoms with Crippen LogP contribution < -0.4 is 10.6 Å². The lowest BCUT2D eigenvalue weighted by Crippen LogP contribution is -2.40. The lowest BCUT2D eigenvalue weighted by molar-refractivity contribution is -0.384. The lowest BCUT2D eigenvalue weighted by atomic mass is 10.1. The Hall–Kier alpha value is -3.46. The van der Waals surface area contributed by atoms with Crippen LogP contribution in [0.3, 0.4) is 0 Å². The van der Waals surface area contributed by atoms with Crippen LogP contribution in [0.1, 0.15) is 51.8 Å². The van der Waals surface area contributed by atoms with Gasteiger partial charge in [-0.1, -0.05) is 11.6 Å². The number of carbonyl (C=O) groups is 3. The molecule has 164 valence electrons. The standard InChI is InChI=1S/C21H22ClN3O6/c1-21(2,3)24-18(26)13-4-6-14(7-5-13)20(28)31-11-10-23-19(27)16-9-8-15(25(29)30)12-17(16)22/h4-9,12H,10-11H2,1-3H3,(H,23,27)(H,24,26). The molecule has 0 saturated heterocycles. The molecule has 2 N–H and O–H groups in total. The zero-order valence-electron chi connectivity index (χ0n) is 17.2. The van der Waals surface area contributed by atoms with Crippen LogP contribution in [-0.2, 0) is 4.74 Å². The van der Waals surface area contributed by atoms with E-state index < -0.39 is 16.8 Å². The SMILES string of the molecule is CC(C)(C)NC(=O)c1ccc(C(=O)OCCNC(=O)c2ccc([N+](=O)[O-])cc2Cl)cc1. The largest absolute Gasteiger partial charge is 0.460 e. The van der Waals surface area contributed by atoms with Crippen LogP contribution in [0.5, 0.6) is 0 Å². The van der Waals surface area contributed by atoms with Crippen LogP contribution in [0, 0.1) is 10.1 Å². The van der Waals surface area contributed by atoms with Gasteiger partial charge in [0.25, 0.3) is 17.5 Å². The summed E-state index contributed by atoms with van der Waals surface area (Å²) in [6.45, 7) is 5.52. The first-order chi connectivity index (χ1) is 14.5. The van der Waals surface area contributed by atoms with E-state index >= 15 is 0 Å². The number of hydrogen-bond donors (Lipinski definition) is 2. The van der Waals surface area contributed by atoms with Crippen LogP contribution in [-0.4, -0.2) is 41.4 Å². The molecule has 2 aromatic rings. The van der Waals surface area contributed by atoms with E-state index in [9.17, 15) is 24.5 Å². The van der Waals surface area contributed by atoms with Crippen LogP contribution in [0.15, 0.2) is 42.5 Å². The van der Waals surface area contributed by atoms with Crippen LogP contribution in [0.4, 0.5) is 5.69 Å². The van der Waals surface area contributed by atoms with Gasteiger partial charge in [0.05, 0.1) is 27.6 Å². The molecule has 0 fully saturated rings. The smallest absolute Gasteiger partial charge is 0.338 e. The summed E-state index contributed by atoms with van der Waals surface area (Å²) in [6, 6.07) is 9.52. The molecule has 10 heteroatoms. The van der Waals surface area contributed by atoms with Crippen molar-refractivity contribution in [2.45, 2.75) is 26.3 Å². The number of benzene rings is 2. The molecule has 0 aromatic heterocycles. The topological polar surface area (TPSA) is 128 Å². The van der Waals surface area contributed by atoms with Gasteiger partial charge in [0, 0.05) is 23.2 Å². The summed E-state index contributed by atoms with van der Waals surface area (Å²) < 4.78 is 5.10. The average molecular weight is 448 g/mol. The van der Waals surface area contributed by atoms with E-state index in [1.807, 2.05) is 20.8 Å². The van der Waals surface area contributed by atoms with E-state index in [2.05, 4.69) is 10.6 Å². The number of esters is 1. The molecule has 0 aliphatic heterocycles. The van der Waals surface area contributed by atoms with Crippen molar-refractivity contribution in [3.05, 3.63) is 74.3 Å². The number of nitro benzene ring substituents is 1. The number of hydrogen-bond acceptors (Lipinski definition) is 6. The monoisotopic (exact) mass is 447 g/mol. The molecule has 0 radical (unpaired) electrons. The normalized spacial score (nSPS) is 10.8. The summed E-state index contributed by atoms with van der Waals surface area (Å²) in [5.74, 6) is -1.41. The fourth-order valence-corrected chi connectivity index (χ4v) is 2.72. The minimum absolute atomic E-state index is 0.0178. The van der Waals surface area contributed by atoms with Crippen LogP contribution >= 0.6 is 11.6 Å². The molecule has 0 heterocycles. The Balaban J connectivity index is 1.83. The Morgan fingerprint density at radius 3 is 2.19 bits per heavy atom. The van der Waals surface area contributed by atoms with Gasteiger partial charge in [-0.2, -0.15) is 0 Å².